The van der Waals surface area contributed by atoms with Crippen LogP contribution in [0.2, 0.25) is 0 Å². The molecule has 2 heterocycles. The largest absolute Gasteiger partial charge is 0.397 e. The average molecular weight is 284 g/mol. The molecule has 3 N–H and O–H groups in total. The van der Waals surface area contributed by atoms with Crippen molar-refractivity contribution in [2.75, 3.05) is 5.73 Å². The van der Waals surface area contributed by atoms with Crippen molar-refractivity contribution in [2.24, 2.45) is 7.05 Å². The number of nitrogens with one attached hydrogen (secondary N) is 1. The molecule has 0 saturated carbocycles. The Morgan fingerprint density at radius 3 is 2.57 bits per heavy atom. The number of nitrogen functional groups attached to an aromatic ring is 1. The van der Waals surface area contributed by atoms with Gasteiger partial charge in [0.2, 0.25) is 0 Å². The monoisotopic (exact) mass is 284 g/mol. The number of hydrogen-bond donors (Lipinski definition) is 2. The van der Waals surface area contributed by atoms with Gasteiger partial charge in [0.15, 0.2) is 11.6 Å². The van der Waals surface area contributed by atoms with Crippen molar-refractivity contribution >= 4 is 22.5 Å². The fraction of sp³-hybridized carbons (Fsp3) is 0.250. The number of carbonyl (C=O) groups excluding carboxylic acids is 1. The first-order valence-electron chi connectivity index (χ1n) is 6.97. The normalized spacial score (nSPS) is 10.3. The van der Waals surface area contributed by atoms with Gasteiger partial charge in [0.05, 0.1) is 22.4 Å². The maximum atomic E-state index is 11.4. The predicted molar refractivity (Wildman–Crippen MR) is 86.3 cm³/mol. The second-order valence-corrected chi connectivity index (χ2v) is 4.64. The van der Waals surface area contributed by atoms with Gasteiger partial charge in [0.1, 0.15) is 0 Å². The Morgan fingerprint density at radius 1 is 1.29 bits per heavy atom. The molecule has 21 heavy (non-hydrogen) atoms. The van der Waals surface area contributed by atoms with Crippen LogP contribution >= 0.6 is 0 Å². The van der Waals surface area contributed by atoms with Crippen LogP contribution in [0, 0.1) is 0 Å². The third kappa shape index (κ3) is 2.81. The van der Waals surface area contributed by atoms with Gasteiger partial charge in [0.25, 0.3) is 0 Å². The van der Waals surface area contributed by atoms with E-state index in [1.165, 1.54) is 0 Å². The van der Waals surface area contributed by atoms with E-state index in [0.717, 1.165) is 22.6 Å². The fourth-order valence-electron chi connectivity index (χ4n) is 2.18. The summed E-state index contributed by atoms with van der Waals surface area (Å²) in [5.74, 6) is 0.788. The Morgan fingerprint density at radius 2 is 2.00 bits per heavy atom. The molecule has 2 aromatic heterocycles. The Bertz CT molecular complexity index is 783. The highest BCUT2D eigenvalue weighted by Gasteiger charge is 2.10. The van der Waals surface area contributed by atoms with Crippen LogP contribution in [-0.2, 0) is 7.05 Å². The molecule has 0 aliphatic carbocycles. The molecule has 0 atom stereocenters. The zero-order chi connectivity index (χ0) is 15.6. The van der Waals surface area contributed by atoms with E-state index in [2.05, 4.69) is 9.97 Å². The van der Waals surface area contributed by atoms with Crippen LogP contribution in [0.3, 0.4) is 0 Å². The first-order chi connectivity index (χ1) is 10.0. The quantitative estimate of drug-likeness (QED) is 0.708. The summed E-state index contributed by atoms with van der Waals surface area (Å²) in [5.41, 5.74) is 9.74. The number of imidazole rings is 1. The number of carbonyl (C=O) groups is 1. The zero-order valence-corrected chi connectivity index (χ0v) is 12.8. The minimum atomic E-state index is 0.0427. The van der Waals surface area contributed by atoms with Crippen LogP contribution in [0.1, 0.15) is 31.1 Å². The molecule has 0 amide bonds. The molecular weight excluding hydrogens is 264 g/mol. The minimum Gasteiger partial charge on any atom is -0.397 e. The highest BCUT2D eigenvalue weighted by atomic mass is 16.1. The number of aromatic amines is 1. The first-order valence-corrected chi connectivity index (χ1v) is 6.97. The Labute approximate surface area is 123 Å². The summed E-state index contributed by atoms with van der Waals surface area (Å²) in [6.07, 6.45) is 1.84. The lowest BCUT2D eigenvalue weighted by molar-refractivity contribution is 0.101. The van der Waals surface area contributed by atoms with E-state index < -0.39 is 0 Å². The van der Waals surface area contributed by atoms with Crippen molar-refractivity contribution in [2.45, 2.75) is 20.8 Å². The lowest BCUT2D eigenvalue weighted by atomic mass is 10.1. The number of nitrogens with zero attached hydrogens (tertiary/aromatic N) is 2. The van der Waals surface area contributed by atoms with Crippen LogP contribution in [-0.4, -0.2) is 20.3 Å². The maximum absolute atomic E-state index is 11.4. The van der Waals surface area contributed by atoms with Gasteiger partial charge in [-0.05, 0) is 31.2 Å². The minimum absolute atomic E-state index is 0.0427. The fourth-order valence-corrected chi connectivity index (χ4v) is 2.18. The first kappa shape index (κ1) is 14.8. The molecule has 0 fully saturated rings. The molecule has 0 saturated heterocycles. The van der Waals surface area contributed by atoms with Crippen molar-refractivity contribution in [1.29, 1.82) is 0 Å². The van der Waals surface area contributed by atoms with Crippen molar-refractivity contribution in [3.8, 4) is 11.5 Å². The lowest BCUT2D eigenvalue weighted by Crippen LogP contribution is -1.90. The number of Topliss-reactive ketones (excluding diaryl/α,β-unsaturated/α-hetero) is 1. The number of hydrogen-bond acceptors (Lipinski definition) is 3. The van der Waals surface area contributed by atoms with Crippen LogP contribution in [0.4, 0.5) is 5.69 Å². The summed E-state index contributed by atoms with van der Waals surface area (Å²) in [7, 11) is 1.92. The number of ketones is 1. The van der Waals surface area contributed by atoms with E-state index in [9.17, 15) is 4.79 Å². The maximum Gasteiger partial charge on any atom is 0.159 e. The van der Waals surface area contributed by atoms with Crippen molar-refractivity contribution in [1.82, 2.24) is 14.5 Å². The third-order valence-corrected chi connectivity index (χ3v) is 3.16. The van der Waals surface area contributed by atoms with Crippen molar-refractivity contribution < 1.29 is 4.79 Å². The van der Waals surface area contributed by atoms with Crippen molar-refractivity contribution in [3.63, 3.8) is 0 Å². The van der Waals surface area contributed by atoms with Crippen molar-refractivity contribution in [3.05, 3.63) is 36.0 Å². The van der Waals surface area contributed by atoms with E-state index in [-0.39, 0.29) is 5.78 Å². The summed E-state index contributed by atoms with van der Waals surface area (Å²) >= 11 is 0. The van der Waals surface area contributed by atoms with Gasteiger partial charge < -0.3 is 15.3 Å². The lowest BCUT2D eigenvalue weighted by Gasteiger charge is -1.97. The summed E-state index contributed by atoms with van der Waals surface area (Å²) in [4.78, 5) is 19.1. The number of H-pyrrole nitrogens is 1. The van der Waals surface area contributed by atoms with Gasteiger partial charge in [-0.1, -0.05) is 13.8 Å². The number of nitrogens with two attached hydrogens (primary N) is 1. The van der Waals surface area contributed by atoms with E-state index in [4.69, 9.17) is 5.73 Å². The molecule has 0 spiro atoms. The summed E-state index contributed by atoms with van der Waals surface area (Å²) < 4.78 is 1.92. The Balaban J connectivity index is 0.000000774. The zero-order valence-electron chi connectivity index (χ0n) is 12.8. The molecule has 0 unspecified atom stereocenters. The Kier molecular flexibility index (Phi) is 4.12. The van der Waals surface area contributed by atoms with Gasteiger partial charge in [-0.2, -0.15) is 0 Å². The molecular formula is C16H20N4O. The Hall–Kier alpha value is -2.56. The highest BCUT2D eigenvalue weighted by Crippen LogP contribution is 2.23. The summed E-state index contributed by atoms with van der Waals surface area (Å²) in [6, 6.07) is 7.32. The van der Waals surface area contributed by atoms with E-state index >= 15 is 0 Å². The van der Waals surface area contributed by atoms with Gasteiger partial charge in [-0.25, -0.2) is 4.98 Å². The van der Waals surface area contributed by atoms with Crippen LogP contribution < -0.4 is 5.73 Å². The molecule has 5 nitrogen and oxygen atoms in total. The molecule has 0 radical (unpaired) electrons. The van der Waals surface area contributed by atoms with Gasteiger partial charge in [-0.15, -0.1) is 0 Å². The number of fused-ring (bicyclic) bond motifs is 1. The number of rotatable bonds is 2. The third-order valence-electron chi connectivity index (χ3n) is 3.16. The number of aromatic nitrogens is 3. The van der Waals surface area contributed by atoms with Crippen LogP contribution in [0.5, 0.6) is 0 Å². The number of aryl methyl sites for hydroxylation is 1. The molecule has 0 aliphatic heterocycles. The number of anilines is 1. The SMILES string of the molecule is CC.CC(=O)c1ccc2nc(-c3cc(N)cn3C)[nH]c2c1. The highest BCUT2D eigenvalue weighted by molar-refractivity contribution is 5.97. The van der Waals surface area contributed by atoms with E-state index in [1.807, 2.05) is 49.9 Å². The van der Waals surface area contributed by atoms with Gasteiger partial charge in [-0.3, -0.25) is 4.79 Å². The van der Waals surface area contributed by atoms with Crippen LogP contribution in [0.15, 0.2) is 30.5 Å². The molecule has 3 aromatic rings. The number of benzene rings is 1. The summed E-state index contributed by atoms with van der Waals surface area (Å²) in [6.45, 7) is 5.55. The molecule has 0 bridgehead atoms. The van der Waals surface area contributed by atoms with Crippen LogP contribution in [0.25, 0.3) is 22.6 Å². The standard InChI is InChI=1S/C14H14N4O.C2H6/c1-8(19)9-3-4-11-12(5-9)17-14(16-11)13-6-10(15)7-18(13)2;1-2/h3-7H,15H2,1-2H3,(H,16,17);1-2H3. The van der Waals surface area contributed by atoms with Gasteiger partial charge >= 0.3 is 0 Å². The summed E-state index contributed by atoms with van der Waals surface area (Å²) in [5, 5.41) is 0. The van der Waals surface area contributed by atoms with E-state index in [1.54, 1.807) is 13.0 Å². The molecule has 5 heteroatoms. The molecule has 110 valence electrons. The van der Waals surface area contributed by atoms with Gasteiger partial charge in [0, 0.05) is 18.8 Å². The topological polar surface area (TPSA) is 76.7 Å². The average Bonchev–Trinajstić information content (AvgIpc) is 3.02. The smallest absolute Gasteiger partial charge is 0.159 e. The molecule has 3 rings (SSSR count). The molecule has 0 aliphatic rings. The predicted octanol–water partition coefficient (Wildman–Crippen LogP) is 3.38. The second-order valence-electron chi connectivity index (χ2n) is 4.64. The van der Waals surface area contributed by atoms with E-state index in [0.29, 0.717) is 11.3 Å². The molecule has 1 aromatic carbocycles. The second kappa shape index (κ2) is 5.83.